The molecular formula is C19H14ClF2N3O2. The van der Waals surface area contributed by atoms with Gasteiger partial charge in [0, 0.05) is 23.6 Å². The van der Waals surface area contributed by atoms with E-state index in [1.54, 1.807) is 23.1 Å². The average molecular weight is 390 g/mol. The third kappa shape index (κ3) is 3.55. The van der Waals surface area contributed by atoms with E-state index in [9.17, 15) is 13.6 Å². The fraction of sp³-hybridized carbons (Fsp3) is 0.211. The lowest BCUT2D eigenvalue weighted by Crippen LogP contribution is -2.27. The molecule has 8 heteroatoms. The molecule has 0 bridgehead atoms. The quantitative estimate of drug-likeness (QED) is 0.657. The molecule has 5 nitrogen and oxygen atoms in total. The number of benzene rings is 2. The molecule has 4 rings (SSSR count). The Morgan fingerprint density at radius 2 is 1.89 bits per heavy atom. The van der Waals surface area contributed by atoms with Crippen LogP contribution in [0.4, 0.5) is 8.78 Å². The number of aromatic nitrogens is 2. The van der Waals surface area contributed by atoms with Gasteiger partial charge in [0.15, 0.2) is 0 Å². The Balaban J connectivity index is 1.59. The zero-order valence-corrected chi connectivity index (χ0v) is 14.8. The first-order valence-corrected chi connectivity index (χ1v) is 8.72. The second-order valence-electron chi connectivity index (χ2n) is 6.27. The van der Waals surface area contributed by atoms with Crippen LogP contribution in [0.2, 0.25) is 5.02 Å². The van der Waals surface area contributed by atoms with Gasteiger partial charge in [-0.05, 0) is 48.4 Å². The topological polar surface area (TPSA) is 59.2 Å². The lowest BCUT2D eigenvalue weighted by Gasteiger charge is -2.22. The van der Waals surface area contributed by atoms with Crippen molar-refractivity contribution in [2.45, 2.75) is 25.4 Å². The molecule has 2 heterocycles. The Morgan fingerprint density at radius 1 is 1.15 bits per heavy atom. The monoisotopic (exact) mass is 389 g/mol. The molecule has 27 heavy (non-hydrogen) atoms. The number of hydrogen-bond acceptors (Lipinski definition) is 4. The van der Waals surface area contributed by atoms with Gasteiger partial charge < -0.3 is 9.42 Å². The van der Waals surface area contributed by atoms with Crippen molar-refractivity contribution in [1.29, 1.82) is 0 Å². The highest BCUT2D eigenvalue weighted by molar-refractivity contribution is 6.31. The lowest BCUT2D eigenvalue weighted by atomic mass is 10.1. The Hall–Kier alpha value is -2.80. The van der Waals surface area contributed by atoms with Gasteiger partial charge in [0.05, 0.1) is 0 Å². The molecular weight excluding hydrogens is 376 g/mol. The smallest absolute Gasteiger partial charge is 0.249 e. The molecule has 0 aliphatic carbocycles. The molecule has 1 saturated heterocycles. The van der Waals surface area contributed by atoms with Crippen LogP contribution in [0.3, 0.4) is 0 Å². The van der Waals surface area contributed by atoms with Crippen LogP contribution >= 0.6 is 11.6 Å². The average Bonchev–Trinajstić information content (AvgIpc) is 3.25. The molecule has 1 amide bonds. The van der Waals surface area contributed by atoms with Crippen LogP contribution in [0.15, 0.2) is 47.0 Å². The number of rotatable bonds is 4. The molecule has 1 aliphatic heterocycles. The largest absolute Gasteiger partial charge is 0.337 e. The third-order valence-electron chi connectivity index (χ3n) is 4.51. The van der Waals surface area contributed by atoms with Crippen molar-refractivity contribution in [3.63, 3.8) is 0 Å². The minimum Gasteiger partial charge on any atom is -0.337 e. The van der Waals surface area contributed by atoms with Crippen molar-refractivity contribution in [2.24, 2.45) is 0 Å². The second kappa shape index (κ2) is 7.08. The molecule has 1 atom stereocenters. The van der Waals surface area contributed by atoms with Crippen molar-refractivity contribution in [2.75, 3.05) is 0 Å². The van der Waals surface area contributed by atoms with Crippen molar-refractivity contribution < 1.29 is 18.1 Å². The Bertz CT molecular complexity index is 991. The number of likely N-dealkylation sites (tertiary alicyclic amines) is 1. The molecule has 1 fully saturated rings. The SMILES string of the molecule is O=C1CCC(c2nc(-c3ccc(F)cc3)no2)N1Cc1ccc(F)cc1Cl. The molecule has 0 N–H and O–H groups in total. The first-order chi connectivity index (χ1) is 13.0. The van der Waals surface area contributed by atoms with E-state index in [-0.39, 0.29) is 29.3 Å². The first-order valence-electron chi connectivity index (χ1n) is 8.34. The van der Waals surface area contributed by atoms with Gasteiger partial charge in [-0.2, -0.15) is 4.98 Å². The van der Waals surface area contributed by atoms with E-state index >= 15 is 0 Å². The predicted molar refractivity (Wildman–Crippen MR) is 93.6 cm³/mol. The van der Waals surface area contributed by atoms with Gasteiger partial charge in [-0.3, -0.25) is 4.79 Å². The molecule has 0 radical (unpaired) electrons. The van der Waals surface area contributed by atoms with Crippen LogP contribution in [0.5, 0.6) is 0 Å². The molecule has 0 saturated carbocycles. The van der Waals surface area contributed by atoms with Crippen molar-refractivity contribution in [3.8, 4) is 11.4 Å². The molecule has 1 aliphatic rings. The zero-order valence-electron chi connectivity index (χ0n) is 14.0. The van der Waals surface area contributed by atoms with Crippen LogP contribution in [-0.4, -0.2) is 20.9 Å². The van der Waals surface area contributed by atoms with Gasteiger partial charge in [0.2, 0.25) is 17.6 Å². The maximum absolute atomic E-state index is 13.2. The van der Waals surface area contributed by atoms with Crippen LogP contribution in [0.1, 0.15) is 30.3 Å². The first kappa shape index (κ1) is 17.6. The van der Waals surface area contributed by atoms with Crippen molar-refractivity contribution >= 4 is 17.5 Å². The van der Waals surface area contributed by atoms with Crippen LogP contribution in [-0.2, 0) is 11.3 Å². The zero-order chi connectivity index (χ0) is 19.0. The fourth-order valence-electron chi connectivity index (χ4n) is 3.11. The summed E-state index contributed by atoms with van der Waals surface area (Å²) in [7, 11) is 0. The summed E-state index contributed by atoms with van der Waals surface area (Å²) < 4.78 is 31.7. The number of carbonyl (C=O) groups is 1. The summed E-state index contributed by atoms with van der Waals surface area (Å²) in [6, 6.07) is 9.42. The summed E-state index contributed by atoms with van der Waals surface area (Å²) in [5.74, 6) is -0.232. The molecule has 3 aromatic rings. The highest BCUT2D eigenvalue weighted by atomic mass is 35.5. The van der Waals surface area contributed by atoms with E-state index < -0.39 is 5.82 Å². The molecule has 1 aromatic heterocycles. The highest BCUT2D eigenvalue weighted by Crippen LogP contribution is 2.35. The van der Waals surface area contributed by atoms with E-state index in [1.165, 1.54) is 24.3 Å². The summed E-state index contributed by atoms with van der Waals surface area (Å²) in [5.41, 5.74) is 1.25. The minimum absolute atomic E-state index is 0.0677. The lowest BCUT2D eigenvalue weighted by molar-refractivity contribution is -0.129. The van der Waals surface area contributed by atoms with E-state index in [2.05, 4.69) is 10.1 Å². The summed E-state index contributed by atoms with van der Waals surface area (Å²) in [5, 5.41) is 4.19. The van der Waals surface area contributed by atoms with Gasteiger partial charge in [-0.25, -0.2) is 8.78 Å². The van der Waals surface area contributed by atoms with Crippen molar-refractivity contribution in [1.82, 2.24) is 15.0 Å². The van der Waals surface area contributed by atoms with E-state index in [0.29, 0.717) is 35.7 Å². The van der Waals surface area contributed by atoms with Crippen molar-refractivity contribution in [3.05, 3.63) is 70.6 Å². The highest BCUT2D eigenvalue weighted by Gasteiger charge is 2.36. The Morgan fingerprint density at radius 3 is 2.63 bits per heavy atom. The second-order valence-corrected chi connectivity index (χ2v) is 6.68. The van der Waals surface area contributed by atoms with Gasteiger partial charge in [-0.1, -0.05) is 22.8 Å². The Labute approximate surface area is 158 Å². The number of carbonyl (C=O) groups excluding carboxylic acids is 1. The standard InChI is InChI=1S/C19H14ClF2N3O2/c20-15-9-14(22)6-3-12(15)10-25-16(7-8-17(25)26)19-23-18(24-27-19)11-1-4-13(21)5-2-11/h1-6,9,16H,7-8,10H2. The minimum atomic E-state index is -0.436. The van der Waals surface area contributed by atoms with Gasteiger partial charge in [0.25, 0.3) is 0 Å². The number of amides is 1. The molecule has 1 unspecified atom stereocenters. The number of hydrogen-bond donors (Lipinski definition) is 0. The van der Waals surface area contributed by atoms with Crippen LogP contribution in [0.25, 0.3) is 11.4 Å². The normalized spacial score (nSPS) is 16.9. The van der Waals surface area contributed by atoms with E-state index in [4.69, 9.17) is 16.1 Å². The van der Waals surface area contributed by atoms with E-state index in [0.717, 1.165) is 0 Å². The fourth-order valence-corrected chi connectivity index (χ4v) is 3.34. The maximum atomic E-state index is 13.2. The van der Waals surface area contributed by atoms with E-state index in [1.807, 2.05) is 0 Å². The summed E-state index contributed by atoms with van der Waals surface area (Å²) in [6.07, 6.45) is 0.875. The molecule has 0 spiro atoms. The summed E-state index contributed by atoms with van der Waals surface area (Å²) in [6.45, 7) is 0.219. The van der Waals surface area contributed by atoms with Gasteiger partial charge >= 0.3 is 0 Å². The number of nitrogens with zero attached hydrogens (tertiary/aromatic N) is 3. The third-order valence-corrected chi connectivity index (χ3v) is 4.87. The predicted octanol–water partition coefficient (Wildman–Crippen LogP) is 4.53. The summed E-state index contributed by atoms with van der Waals surface area (Å²) >= 11 is 6.09. The Kier molecular flexibility index (Phi) is 4.61. The molecule has 2 aromatic carbocycles. The summed E-state index contributed by atoms with van der Waals surface area (Å²) in [4.78, 5) is 18.3. The van der Waals surface area contributed by atoms with Crippen LogP contribution in [0, 0.1) is 11.6 Å². The maximum Gasteiger partial charge on any atom is 0.249 e. The number of halogens is 3. The molecule has 138 valence electrons. The van der Waals surface area contributed by atoms with Gasteiger partial charge in [-0.15, -0.1) is 0 Å². The van der Waals surface area contributed by atoms with Gasteiger partial charge in [0.1, 0.15) is 17.7 Å². The van der Waals surface area contributed by atoms with Crippen LogP contribution < -0.4 is 0 Å².